The van der Waals surface area contributed by atoms with Gasteiger partial charge in [-0.05, 0) is 51.3 Å². The second kappa shape index (κ2) is 8.43. The van der Waals surface area contributed by atoms with Crippen molar-refractivity contribution < 1.29 is 32.6 Å². The maximum atomic E-state index is 12.3. The number of rotatable bonds is 4. The topological polar surface area (TPSA) is 113 Å². The summed E-state index contributed by atoms with van der Waals surface area (Å²) in [6.45, 7) is 5.92. The van der Waals surface area contributed by atoms with Crippen LogP contribution in [0.5, 0.6) is 0 Å². The number of aliphatic hydroxyl groups is 1. The molecule has 0 radical (unpaired) electrons. The predicted octanol–water partition coefficient (Wildman–Crippen LogP) is 2.09. The fourth-order valence-electron chi connectivity index (χ4n) is 3.23. The lowest BCUT2D eigenvalue weighted by molar-refractivity contribution is -0.0356. The lowest BCUT2D eigenvalue weighted by Gasteiger charge is -2.39. The van der Waals surface area contributed by atoms with Gasteiger partial charge < -0.3 is 19.5 Å². The Bertz CT molecular complexity index is 914. The van der Waals surface area contributed by atoms with E-state index in [1.807, 2.05) is 0 Å². The van der Waals surface area contributed by atoms with Gasteiger partial charge in [0.15, 0.2) is 0 Å². The molecule has 1 saturated heterocycles. The number of hydrogen-bond donors (Lipinski definition) is 1. The molecule has 2 rings (SSSR count). The Balaban J connectivity index is 2.29. The molecule has 1 amide bonds. The van der Waals surface area contributed by atoms with Crippen LogP contribution in [0.25, 0.3) is 0 Å². The summed E-state index contributed by atoms with van der Waals surface area (Å²) < 4.78 is 35.0. The van der Waals surface area contributed by atoms with Crippen molar-refractivity contribution in [1.82, 2.24) is 4.90 Å². The van der Waals surface area contributed by atoms with Crippen LogP contribution in [0, 0.1) is 0 Å². The summed E-state index contributed by atoms with van der Waals surface area (Å²) in [5.74, 6) is -0.711. The number of likely N-dealkylation sites (tertiary alicyclic amines) is 1. The van der Waals surface area contributed by atoms with E-state index in [0.717, 1.165) is 10.6 Å². The molecule has 1 heterocycles. The Labute approximate surface area is 177 Å². The van der Waals surface area contributed by atoms with Crippen LogP contribution in [0.4, 0.5) is 10.5 Å². The molecule has 9 nitrogen and oxygen atoms in total. The molecule has 1 aliphatic heterocycles. The van der Waals surface area contributed by atoms with E-state index in [2.05, 4.69) is 0 Å². The molecule has 0 spiro atoms. The zero-order valence-corrected chi connectivity index (χ0v) is 19.1. The third kappa shape index (κ3) is 5.42. The maximum Gasteiger partial charge on any atom is 0.410 e. The summed E-state index contributed by atoms with van der Waals surface area (Å²) >= 11 is 0. The minimum Gasteiger partial charge on any atom is -0.465 e. The highest BCUT2D eigenvalue weighted by Gasteiger charge is 2.37. The summed E-state index contributed by atoms with van der Waals surface area (Å²) in [7, 11) is -1.06. The SMILES string of the molecule is COC(=O)c1cc(C2(O)CCN(C(=O)OC(C)(C)C)CC2)ccc1N(C)S(C)(=O)=O. The third-order valence-corrected chi connectivity index (χ3v) is 6.21. The average molecular weight is 443 g/mol. The average Bonchev–Trinajstić information content (AvgIpc) is 2.64. The van der Waals surface area contributed by atoms with Crippen LogP contribution in [0.1, 0.15) is 49.5 Å². The molecular formula is C20H30N2O7S. The molecule has 30 heavy (non-hydrogen) atoms. The van der Waals surface area contributed by atoms with Gasteiger partial charge in [-0.3, -0.25) is 4.31 Å². The first-order valence-corrected chi connectivity index (χ1v) is 11.4. The summed E-state index contributed by atoms with van der Waals surface area (Å²) in [5.41, 5.74) is -1.24. The number of esters is 1. The summed E-state index contributed by atoms with van der Waals surface area (Å²) in [6, 6.07) is 4.51. The highest BCUT2D eigenvalue weighted by Crippen LogP contribution is 2.36. The first-order chi connectivity index (χ1) is 13.7. The van der Waals surface area contributed by atoms with Gasteiger partial charge in [0.05, 0.1) is 30.2 Å². The number of nitrogens with zero attached hydrogens (tertiary/aromatic N) is 2. The van der Waals surface area contributed by atoms with Gasteiger partial charge in [0.1, 0.15) is 5.60 Å². The van der Waals surface area contributed by atoms with Gasteiger partial charge in [-0.25, -0.2) is 18.0 Å². The summed E-state index contributed by atoms with van der Waals surface area (Å²) in [5, 5.41) is 11.2. The largest absolute Gasteiger partial charge is 0.465 e. The Morgan fingerprint density at radius 1 is 1.20 bits per heavy atom. The van der Waals surface area contributed by atoms with Crippen LogP contribution >= 0.6 is 0 Å². The van der Waals surface area contributed by atoms with Crippen molar-refractivity contribution in [1.29, 1.82) is 0 Å². The van der Waals surface area contributed by atoms with Crippen molar-refractivity contribution in [2.24, 2.45) is 0 Å². The zero-order chi connectivity index (χ0) is 22.9. The number of anilines is 1. The van der Waals surface area contributed by atoms with E-state index in [4.69, 9.17) is 9.47 Å². The first kappa shape index (κ1) is 23.9. The highest BCUT2D eigenvalue weighted by atomic mass is 32.2. The number of benzene rings is 1. The summed E-state index contributed by atoms with van der Waals surface area (Å²) in [6.07, 6.45) is 1.08. The van der Waals surface area contributed by atoms with Crippen LogP contribution in [-0.2, 0) is 25.1 Å². The minimum atomic E-state index is -3.60. The molecular weight excluding hydrogens is 412 g/mol. The minimum absolute atomic E-state index is 0.0333. The van der Waals surface area contributed by atoms with Crippen LogP contribution in [-0.4, -0.2) is 69.6 Å². The van der Waals surface area contributed by atoms with Gasteiger partial charge in [0.2, 0.25) is 10.0 Å². The van der Waals surface area contributed by atoms with Crippen LogP contribution in [0.3, 0.4) is 0 Å². The van der Waals surface area contributed by atoms with E-state index in [0.29, 0.717) is 5.56 Å². The molecule has 0 atom stereocenters. The molecule has 0 aliphatic carbocycles. The summed E-state index contributed by atoms with van der Waals surface area (Å²) in [4.78, 5) is 26.1. The zero-order valence-electron chi connectivity index (χ0n) is 18.3. The van der Waals surface area contributed by atoms with Crippen molar-refractivity contribution in [2.45, 2.75) is 44.8 Å². The molecule has 1 aliphatic rings. The lowest BCUT2D eigenvalue weighted by atomic mass is 9.83. The van der Waals surface area contributed by atoms with Crippen molar-refractivity contribution in [2.75, 3.05) is 37.8 Å². The van der Waals surface area contributed by atoms with Crippen molar-refractivity contribution in [3.05, 3.63) is 29.3 Å². The van der Waals surface area contributed by atoms with Crippen molar-refractivity contribution >= 4 is 27.8 Å². The second-order valence-corrected chi connectivity index (χ2v) is 10.5. The molecule has 0 aromatic heterocycles. The van der Waals surface area contributed by atoms with Crippen LogP contribution in [0.2, 0.25) is 0 Å². The first-order valence-electron chi connectivity index (χ1n) is 9.55. The Morgan fingerprint density at radius 2 is 1.77 bits per heavy atom. The van der Waals surface area contributed by atoms with E-state index in [1.54, 1.807) is 26.8 Å². The van der Waals surface area contributed by atoms with Gasteiger partial charge >= 0.3 is 12.1 Å². The second-order valence-electron chi connectivity index (χ2n) is 8.45. The molecule has 0 saturated carbocycles. The number of ether oxygens (including phenoxy) is 2. The van der Waals surface area contributed by atoms with Crippen molar-refractivity contribution in [3.8, 4) is 0 Å². The van der Waals surface area contributed by atoms with E-state index < -0.39 is 33.3 Å². The molecule has 0 bridgehead atoms. The van der Waals surface area contributed by atoms with Gasteiger partial charge in [0.25, 0.3) is 0 Å². The van der Waals surface area contributed by atoms with E-state index in [1.165, 1.54) is 31.2 Å². The number of hydrogen-bond acceptors (Lipinski definition) is 7. The number of carbonyl (C=O) groups excluding carboxylic acids is 2. The standard InChI is InChI=1S/C20H30N2O7S/c1-19(2,3)29-18(24)22-11-9-20(25,10-12-22)14-7-8-16(21(4)30(6,26)27)15(13-14)17(23)28-5/h7-8,13,25H,9-12H2,1-6H3. The smallest absolute Gasteiger partial charge is 0.410 e. The van der Waals surface area contributed by atoms with Crippen LogP contribution < -0.4 is 4.31 Å². The van der Waals surface area contributed by atoms with Gasteiger partial charge in [-0.15, -0.1) is 0 Å². The predicted molar refractivity (Wildman–Crippen MR) is 112 cm³/mol. The third-order valence-electron chi connectivity index (χ3n) is 5.02. The number of carbonyl (C=O) groups is 2. The molecule has 0 unspecified atom stereocenters. The van der Waals surface area contributed by atoms with E-state index in [9.17, 15) is 23.1 Å². The molecule has 10 heteroatoms. The van der Waals surface area contributed by atoms with Crippen LogP contribution in [0.15, 0.2) is 18.2 Å². The lowest BCUT2D eigenvalue weighted by Crippen LogP contribution is -2.46. The van der Waals surface area contributed by atoms with Crippen molar-refractivity contribution in [3.63, 3.8) is 0 Å². The molecule has 1 aromatic carbocycles. The molecule has 168 valence electrons. The highest BCUT2D eigenvalue weighted by molar-refractivity contribution is 7.92. The number of sulfonamides is 1. The molecule has 1 fully saturated rings. The quantitative estimate of drug-likeness (QED) is 0.710. The molecule has 1 aromatic rings. The van der Waals surface area contributed by atoms with Gasteiger partial charge in [0, 0.05) is 20.1 Å². The number of methoxy groups -OCH3 is 1. The van der Waals surface area contributed by atoms with E-state index >= 15 is 0 Å². The normalized spacial score (nSPS) is 16.7. The Morgan fingerprint density at radius 3 is 2.23 bits per heavy atom. The maximum absolute atomic E-state index is 12.3. The van der Waals surface area contributed by atoms with E-state index in [-0.39, 0.29) is 37.2 Å². The Hall–Kier alpha value is -2.33. The van der Waals surface area contributed by atoms with Gasteiger partial charge in [-0.1, -0.05) is 6.07 Å². The number of piperidine rings is 1. The van der Waals surface area contributed by atoms with Gasteiger partial charge in [-0.2, -0.15) is 0 Å². The molecule has 1 N–H and O–H groups in total. The fraction of sp³-hybridized carbons (Fsp3) is 0.600. The monoisotopic (exact) mass is 442 g/mol. The number of amides is 1. The Kier molecular flexibility index (Phi) is 6.72. The fourth-order valence-corrected chi connectivity index (χ4v) is 3.74.